The third-order valence-electron chi connectivity index (χ3n) is 8.63. The van der Waals surface area contributed by atoms with Gasteiger partial charge in [0.25, 0.3) is 0 Å². The zero-order valence-corrected chi connectivity index (χ0v) is 28.0. The molecule has 6 aromatic carbocycles. The van der Waals surface area contributed by atoms with Crippen LogP contribution in [0.2, 0.25) is 8.65 Å². The van der Waals surface area contributed by atoms with Crippen LogP contribution in [0.1, 0.15) is 22.3 Å². The smallest absolute Gasteiger partial charge is 1.00 e. The number of allylic oxidation sites excluding steroid dienone is 4. The molecular weight excluding hydrogens is 666 g/mol. The second-order valence-electron chi connectivity index (χ2n) is 10.9. The summed E-state index contributed by atoms with van der Waals surface area (Å²) in [6, 6.07) is 44.7. The maximum absolute atomic E-state index is 6.66. The Morgan fingerprint density at radius 1 is 0.628 bits per heavy atom. The first-order chi connectivity index (χ1) is 20.3. The van der Waals surface area contributed by atoms with Crippen molar-refractivity contribution in [3.63, 3.8) is 0 Å². The molecular formula is C39H27Cl3Zr. The van der Waals surface area contributed by atoms with Crippen LogP contribution in [0.4, 0.5) is 0 Å². The summed E-state index contributed by atoms with van der Waals surface area (Å²) < 4.78 is 3.49. The molecule has 4 heteroatoms. The zero-order valence-electron chi connectivity index (χ0n) is 23.3. The van der Waals surface area contributed by atoms with Crippen LogP contribution in [0, 0.1) is 0 Å². The first-order valence-corrected chi connectivity index (χ1v) is 18.5. The fourth-order valence-corrected chi connectivity index (χ4v) is 15.4. The molecule has 6 aromatic rings. The van der Waals surface area contributed by atoms with Crippen LogP contribution >= 0.6 is 11.6 Å². The van der Waals surface area contributed by atoms with Crippen LogP contribution in [-0.4, -0.2) is 3.21 Å². The predicted molar refractivity (Wildman–Crippen MR) is 172 cm³/mol. The van der Waals surface area contributed by atoms with Gasteiger partial charge < -0.3 is 24.8 Å². The summed E-state index contributed by atoms with van der Waals surface area (Å²) >= 11 is 3.91. The Bertz CT molecular complexity index is 2080. The van der Waals surface area contributed by atoms with E-state index in [1.807, 2.05) is 6.07 Å². The van der Waals surface area contributed by atoms with Crippen molar-refractivity contribution in [3.05, 3.63) is 173 Å². The number of hydrogen-bond donors (Lipinski definition) is 0. The van der Waals surface area contributed by atoms with E-state index >= 15 is 0 Å². The van der Waals surface area contributed by atoms with Gasteiger partial charge in [0.05, 0.1) is 0 Å². The second-order valence-corrected chi connectivity index (χ2v) is 17.6. The fraction of sp³-hybridized carbons (Fsp3) is 0.0513. The van der Waals surface area contributed by atoms with Gasteiger partial charge in [-0.15, -0.1) is 0 Å². The summed E-state index contributed by atoms with van der Waals surface area (Å²) in [5, 5.41) is 6.37. The molecule has 0 atom stereocenters. The van der Waals surface area contributed by atoms with Crippen LogP contribution < -0.4 is 28.1 Å². The topological polar surface area (TPSA) is 0 Å². The van der Waals surface area contributed by atoms with E-state index in [0.717, 1.165) is 11.4 Å². The van der Waals surface area contributed by atoms with E-state index in [-0.39, 0.29) is 24.8 Å². The second kappa shape index (κ2) is 12.5. The molecule has 208 valence electrons. The molecule has 0 saturated heterocycles. The fourth-order valence-electron chi connectivity index (χ4n) is 6.97. The van der Waals surface area contributed by atoms with E-state index < -0.39 is 21.3 Å². The Balaban J connectivity index is 0.00000165. The minimum absolute atomic E-state index is 0. The molecule has 0 amide bonds. The molecule has 0 saturated carbocycles. The third kappa shape index (κ3) is 5.11. The summed E-state index contributed by atoms with van der Waals surface area (Å²) in [4.78, 5) is 0. The van der Waals surface area contributed by atoms with Crippen molar-refractivity contribution in [1.29, 1.82) is 0 Å². The number of rotatable bonds is 4. The number of halogens is 3. The molecule has 43 heavy (non-hydrogen) atoms. The van der Waals surface area contributed by atoms with Crippen LogP contribution in [0.3, 0.4) is 0 Å². The van der Waals surface area contributed by atoms with E-state index in [1.165, 1.54) is 58.1 Å². The molecule has 2 aliphatic carbocycles. The third-order valence-corrected chi connectivity index (χ3v) is 16.6. The van der Waals surface area contributed by atoms with Gasteiger partial charge in [-0.3, -0.25) is 0 Å². The Hall–Kier alpha value is -3.06. The minimum atomic E-state index is -2.75. The van der Waals surface area contributed by atoms with Gasteiger partial charge in [-0.2, -0.15) is 0 Å². The van der Waals surface area contributed by atoms with Gasteiger partial charge in [0.1, 0.15) is 0 Å². The summed E-state index contributed by atoms with van der Waals surface area (Å²) in [7, 11) is 0. The Labute approximate surface area is 277 Å². The molecule has 0 nitrogen and oxygen atoms in total. The van der Waals surface area contributed by atoms with Crippen molar-refractivity contribution in [1.82, 2.24) is 0 Å². The van der Waals surface area contributed by atoms with Gasteiger partial charge in [-0.05, 0) is 0 Å². The summed E-state index contributed by atoms with van der Waals surface area (Å²) in [5.41, 5.74) is 8.32. The quantitative estimate of drug-likeness (QED) is 0.247. The van der Waals surface area contributed by atoms with Crippen molar-refractivity contribution in [3.8, 4) is 11.1 Å². The molecule has 0 aliphatic heterocycles. The van der Waals surface area contributed by atoms with Gasteiger partial charge in [0.15, 0.2) is 0 Å². The van der Waals surface area contributed by atoms with Crippen LogP contribution in [0.15, 0.2) is 146 Å². The van der Waals surface area contributed by atoms with Gasteiger partial charge in [0.2, 0.25) is 0 Å². The Morgan fingerprint density at radius 3 is 2.07 bits per heavy atom. The van der Waals surface area contributed by atoms with Crippen molar-refractivity contribution < 1.29 is 46.1 Å². The van der Waals surface area contributed by atoms with Crippen molar-refractivity contribution in [2.75, 3.05) is 0 Å². The molecule has 0 aromatic heterocycles. The average molecular weight is 693 g/mol. The summed E-state index contributed by atoms with van der Waals surface area (Å²) in [5.74, 6) is 0. The number of benzene rings is 6. The SMILES string of the molecule is Clc1cccc([C](c2ccccc2)=[Zr+2]([c]2cccc3c2c2c(c4ccccc43)-c3ccccc3C2)[CH]2C=CC=C2)c1.[Cl-].[Cl-]. The molecule has 0 unspecified atom stereocenters. The molecule has 0 bridgehead atoms. The predicted octanol–water partition coefficient (Wildman–Crippen LogP) is 3.65. The van der Waals surface area contributed by atoms with Crippen molar-refractivity contribution in [2.24, 2.45) is 0 Å². The van der Waals surface area contributed by atoms with E-state index in [9.17, 15) is 0 Å². The van der Waals surface area contributed by atoms with Gasteiger partial charge in [-0.1, -0.05) is 0 Å². The van der Waals surface area contributed by atoms with Gasteiger partial charge in [-0.25, -0.2) is 0 Å². The molecule has 0 spiro atoms. The minimum Gasteiger partial charge on any atom is -1.00 e. The maximum Gasteiger partial charge on any atom is -1.00 e. The van der Waals surface area contributed by atoms with Gasteiger partial charge >= 0.3 is 255 Å². The molecule has 0 N–H and O–H groups in total. The van der Waals surface area contributed by atoms with E-state index in [0.29, 0.717) is 3.63 Å². The van der Waals surface area contributed by atoms with Crippen molar-refractivity contribution >= 4 is 39.6 Å². The molecule has 8 rings (SSSR count). The average Bonchev–Trinajstić information content (AvgIpc) is 3.69. The monoisotopic (exact) mass is 690 g/mol. The summed E-state index contributed by atoms with van der Waals surface area (Å²) in [6.07, 6.45) is 10.3. The number of hydrogen-bond acceptors (Lipinski definition) is 0. The van der Waals surface area contributed by atoms with E-state index in [4.69, 9.17) is 11.6 Å². The zero-order chi connectivity index (χ0) is 27.3. The van der Waals surface area contributed by atoms with Gasteiger partial charge in [0, 0.05) is 0 Å². The van der Waals surface area contributed by atoms with Crippen LogP contribution in [0.25, 0.3) is 32.7 Å². The Kier molecular flexibility index (Phi) is 8.73. The normalized spacial score (nSPS) is 13.4. The molecule has 0 heterocycles. The summed E-state index contributed by atoms with van der Waals surface area (Å²) in [6.45, 7) is 0. The van der Waals surface area contributed by atoms with Crippen LogP contribution in [0.5, 0.6) is 0 Å². The number of fused-ring (bicyclic) bond motifs is 8. The maximum atomic E-state index is 6.66. The first-order valence-electron chi connectivity index (χ1n) is 14.2. The standard InChI is InChI=1S/C21H13.C13H9Cl.C5H5.2ClH.Zr/c1-2-8-15-14(7-1)13-20-18-11-4-3-9-16(18)17-10-5-6-12-19(17)21(15)20;14-13-8-4-7-12(10-13)9-11-5-2-1-3-6-11;1-2-4-5-3-1;;;/h1-10,12H,13H2;1-8,10H;1-5H;2*1H;/q;;;;;+2/p-2. The Morgan fingerprint density at radius 2 is 1.28 bits per heavy atom. The largest absolute Gasteiger partial charge is 1.00 e. The van der Waals surface area contributed by atoms with E-state index in [2.05, 4.69) is 140 Å². The molecule has 2 aliphatic rings. The van der Waals surface area contributed by atoms with Crippen LogP contribution in [-0.2, 0) is 27.7 Å². The first kappa shape index (κ1) is 30.0. The molecule has 0 radical (unpaired) electrons. The molecule has 0 fully saturated rings. The van der Waals surface area contributed by atoms with E-state index in [1.54, 1.807) is 3.27 Å². The van der Waals surface area contributed by atoms with Crippen molar-refractivity contribution in [2.45, 2.75) is 10.0 Å².